The van der Waals surface area contributed by atoms with Crippen LogP contribution in [0.5, 0.6) is 0 Å². The Morgan fingerprint density at radius 3 is 2.45 bits per heavy atom. The van der Waals surface area contributed by atoms with Crippen LogP contribution in [0.4, 0.5) is 0 Å². The van der Waals surface area contributed by atoms with Crippen LogP contribution in [0.25, 0.3) is 16.6 Å². The monoisotopic (exact) mass is 299 g/mol. The van der Waals surface area contributed by atoms with Crippen molar-refractivity contribution in [3.8, 4) is 0 Å². The Labute approximate surface area is 132 Å². The number of aldehydes is 1. The van der Waals surface area contributed by atoms with Gasteiger partial charge in [-0.05, 0) is 37.3 Å². The summed E-state index contributed by atoms with van der Waals surface area (Å²) in [6.45, 7) is 9.67. The molecule has 0 saturated heterocycles. The number of aromatic nitrogens is 1. The van der Waals surface area contributed by atoms with Crippen molar-refractivity contribution in [2.75, 3.05) is 7.11 Å². The second-order valence-corrected chi connectivity index (χ2v) is 3.93. The zero-order valence-electron chi connectivity index (χ0n) is 13.8. The van der Waals surface area contributed by atoms with E-state index in [9.17, 15) is 4.79 Å². The molecule has 3 nitrogen and oxygen atoms in total. The first-order valence-corrected chi connectivity index (χ1v) is 7.27. The average Bonchev–Trinajstić information content (AvgIpc) is 3.02. The molecule has 1 N–H and O–H groups in total. The lowest BCUT2D eigenvalue weighted by Crippen LogP contribution is -1.92. The van der Waals surface area contributed by atoms with Crippen molar-refractivity contribution in [1.29, 1.82) is 0 Å². The molecule has 0 spiro atoms. The number of carbonyl (C=O) groups is 1. The molecule has 0 saturated carbocycles. The van der Waals surface area contributed by atoms with Gasteiger partial charge in [0.25, 0.3) is 0 Å². The summed E-state index contributed by atoms with van der Waals surface area (Å²) < 4.78 is 2.09. The first-order chi connectivity index (χ1) is 10.8. The first-order valence-electron chi connectivity index (χ1n) is 7.27. The van der Waals surface area contributed by atoms with Crippen LogP contribution in [-0.4, -0.2) is 23.1 Å². The normalized spacial score (nSPS) is 10.5. The molecule has 0 amide bonds. The maximum atomic E-state index is 10.7. The molecule has 0 aliphatic carbocycles. The Morgan fingerprint density at radius 2 is 1.91 bits per heavy atom. The van der Waals surface area contributed by atoms with Gasteiger partial charge in [0.15, 0.2) is 0 Å². The van der Waals surface area contributed by atoms with Crippen molar-refractivity contribution in [2.45, 2.75) is 20.8 Å². The van der Waals surface area contributed by atoms with Gasteiger partial charge < -0.3 is 9.67 Å². The van der Waals surface area contributed by atoms with Crippen LogP contribution in [-0.2, 0) is 0 Å². The summed E-state index contributed by atoms with van der Waals surface area (Å²) in [5.74, 6) is 0. The smallest absolute Gasteiger partial charge is 0.150 e. The summed E-state index contributed by atoms with van der Waals surface area (Å²) in [5.41, 5.74) is 2.86. The molecule has 0 atom stereocenters. The molecule has 2 rings (SSSR count). The minimum Gasteiger partial charge on any atom is -0.400 e. The summed E-state index contributed by atoms with van der Waals surface area (Å²) in [6.07, 6.45) is 10.6. The third kappa shape index (κ3) is 4.86. The van der Waals surface area contributed by atoms with Gasteiger partial charge in [-0.2, -0.15) is 0 Å². The molecule has 118 valence electrons. The highest BCUT2D eigenvalue weighted by atomic mass is 16.2. The van der Waals surface area contributed by atoms with Crippen LogP contribution in [0.1, 0.15) is 31.1 Å². The Morgan fingerprint density at radius 1 is 1.23 bits per heavy atom. The molecule has 0 radical (unpaired) electrons. The van der Waals surface area contributed by atoms with Crippen LogP contribution >= 0.6 is 0 Å². The Hall–Kier alpha value is -2.39. The number of fused-ring (bicyclic) bond motifs is 1. The second kappa shape index (κ2) is 11.3. The zero-order valence-corrected chi connectivity index (χ0v) is 13.8. The predicted molar refractivity (Wildman–Crippen MR) is 96.1 cm³/mol. The molecule has 0 fully saturated rings. The number of carbonyl (C=O) groups excluding carboxylic acids is 1. The number of hydrogen-bond donors (Lipinski definition) is 1. The largest absolute Gasteiger partial charge is 0.400 e. The number of aliphatic hydroxyl groups is 1. The molecule has 0 bridgehead atoms. The van der Waals surface area contributed by atoms with Crippen molar-refractivity contribution < 1.29 is 9.90 Å². The number of nitrogens with zero attached hydrogens (tertiary/aromatic N) is 1. The van der Waals surface area contributed by atoms with E-state index < -0.39 is 0 Å². The third-order valence-corrected chi connectivity index (χ3v) is 2.83. The van der Waals surface area contributed by atoms with Gasteiger partial charge in [0, 0.05) is 30.0 Å². The van der Waals surface area contributed by atoms with E-state index in [4.69, 9.17) is 5.11 Å². The van der Waals surface area contributed by atoms with Crippen LogP contribution < -0.4 is 0 Å². The maximum absolute atomic E-state index is 10.7. The van der Waals surface area contributed by atoms with Gasteiger partial charge in [0.05, 0.1) is 5.52 Å². The van der Waals surface area contributed by atoms with E-state index in [2.05, 4.69) is 11.1 Å². The minimum atomic E-state index is 0.698. The molecule has 0 aliphatic rings. The number of aliphatic hydroxyl groups excluding tert-OH is 1. The number of hydrogen-bond acceptors (Lipinski definition) is 2. The lowest BCUT2D eigenvalue weighted by Gasteiger charge is -2.06. The topological polar surface area (TPSA) is 42.2 Å². The van der Waals surface area contributed by atoms with E-state index in [1.54, 1.807) is 6.08 Å². The second-order valence-electron chi connectivity index (χ2n) is 3.93. The van der Waals surface area contributed by atoms with Crippen LogP contribution in [0.2, 0.25) is 0 Å². The predicted octanol–water partition coefficient (Wildman–Crippen LogP) is 4.69. The summed E-state index contributed by atoms with van der Waals surface area (Å²) in [7, 11) is 1.00. The van der Waals surface area contributed by atoms with Crippen LogP contribution in [0.15, 0.2) is 61.3 Å². The Bertz CT molecular complexity index is 648. The zero-order chi connectivity index (χ0) is 17.0. The Balaban J connectivity index is 0.00000102. The fourth-order valence-electron chi connectivity index (χ4n) is 1.94. The maximum Gasteiger partial charge on any atom is 0.150 e. The highest BCUT2D eigenvalue weighted by Crippen LogP contribution is 2.21. The summed E-state index contributed by atoms with van der Waals surface area (Å²) in [6, 6.07) is 7.69. The third-order valence-electron chi connectivity index (χ3n) is 2.83. The minimum absolute atomic E-state index is 0.698. The quantitative estimate of drug-likeness (QED) is 0.657. The van der Waals surface area contributed by atoms with Gasteiger partial charge in [0.1, 0.15) is 6.29 Å². The fraction of sp³-hybridized carbons (Fsp3) is 0.211. The van der Waals surface area contributed by atoms with Crippen LogP contribution in [0.3, 0.4) is 0 Å². The molecule has 0 aliphatic heterocycles. The van der Waals surface area contributed by atoms with E-state index in [1.165, 1.54) is 0 Å². The van der Waals surface area contributed by atoms with Gasteiger partial charge in [-0.1, -0.05) is 38.7 Å². The molecule has 3 heteroatoms. The summed E-state index contributed by atoms with van der Waals surface area (Å²) >= 11 is 0. The van der Waals surface area contributed by atoms with Crippen molar-refractivity contribution >= 4 is 22.9 Å². The van der Waals surface area contributed by atoms with Gasteiger partial charge in [-0.25, -0.2) is 0 Å². The molecular weight excluding hydrogens is 274 g/mol. The highest BCUT2D eigenvalue weighted by molar-refractivity contribution is 5.90. The SMILES string of the molecule is C=C/C=C\C(=C/C)n1ccc2cc(C=O)ccc21.CC.CO. The lowest BCUT2D eigenvalue weighted by atomic mass is 10.2. The van der Waals surface area contributed by atoms with Crippen LogP contribution in [0, 0.1) is 0 Å². The van der Waals surface area contributed by atoms with Crippen molar-refractivity contribution in [2.24, 2.45) is 0 Å². The summed E-state index contributed by atoms with van der Waals surface area (Å²) in [5, 5.41) is 8.06. The van der Waals surface area contributed by atoms with E-state index in [0.717, 1.165) is 30.0 Å². The fourth-order valence-corrected chi connectivity index (χ4v) is 1.94. The number of rotatable bonds is 4. The average molecular weight is 299 g/mol. The Kier molecular flexibility index (Phi) is 10.1. The molecular formula is C19H25NO2. The van der Waals surface area contributed by atoms with Gasteiger partial charge in [-0.3, -0.25) is 4.79 Å². The van der Waals surface area contributed by atoms with E-state index in [0.29, 0.717) is 5.56 Å². The van der Waals surface area contributed by atoms with Gasteiger partial charge in [0.2, 0.25) is 0 Å². The summed E-state index contributed by atoms with van der Waals surface area (Å²) in [4.78, 5) is 10.7. The standard InChI is InChI=1S/C16H15NO.C2H6.CH4O/c1-3-5-6-15(4-2)17-10-9-14-11-13(12-18)7-8-16(14)17;2*1-2/h3-12H,1H2,2H3;1-2H3;2H,1H3/b6-5-,15-4+;;. The molecule has 1 heterocycles. The van der Waals surface area contributed by atoms with Crippen molar-refractivity contribution in [3.05, 3.63) is 66.9 Å². The van der Waals surface area contributed by atoms with E-state index >= 15 is 0 Å². The number of benzene rings is 1. The van der Waals surface area contributed by atoms with E-state index in [1.807, 2.05) is 69.5 Å². The van der Waals surface area contributed by atoms with Gasteiger partial charge >= 0.3 is 0 Å². The lowest BCUT2D eigenvalue weighted by molar-refractivity contribution is 0.112. The van der Waals surface area contributed by atoms with Crippen molar-refractivity contribution in [3.63, 3.8) is 0 Å². The van der Waals surface area contributed by atoms with Crippen molar-refractivity contribution in [1.82, 2.24) is 4.57 Å². The molecule has 1 aromatic heterocycles. The molecule has 1 aromatic carbocycles. The van der Waals surface area contributed by atoms with Gasteiger partial charge in [-0.15, -0.1) is 0 Å². The molecule has 22 heavy (non-hydrogen) atoms. The molecule has 0 unspecified atom stereocenters. The molecule has 2 aromatic rings. The first kappa shape index (κ1) is 19.6. The number of allylic oxidation sites excluding steroid dienone is 5. The highest BCUT2D eigenvalue weighted by Gasteiger charge is 2.03. The van der Waals surface area contributed by atoms with E-state index in [-0.39, 0.29) is 0 Å².